The third kappa shape index (κ3) is 3.73. The Bertz CT molecular complexity index is 1330. The first-order valence-corrected chi connectivity index (χ1v) is 10.8. The van der Waals surface area contributed by atoms with Crippen molar-refractivity contribution in [3.63, 3.8) is 0 Å². The molecule has 0 aliphatic carbocycles. The molecule has 1 aliphatic rings. The van der Waals surface area contributed by atoms with Gasteiger partial charge in [0.15, 0.2) is 0 Å². The SMILES string of the molecule is O=C(c1ccccc1-n1cccn1)N1CCCN(c2nc3cccc(Cl)c3c(=O)[nH]2)CC1. The summed E-state index contributed by atoms with van der Waals surface area (Å²) in [7, 11) is 0. The third-order valence-corrected chi connectivity index (χ3v) is 5.95. The van der Waals surface area contributed by atoms with E-state index in [1.807, 2.05) is 46.3 Å². The summed E-state index contributed by atoms with van der Waals surface area (Å²) in [5.41, 5.74) is 1.65. The summed E-state index contributed by atoms with van der Waals surface area (Å²) in [5, 5.41) is 5.04. The second-order valence-corrected chi connectivity index (χ2v) is 8.03. The van der Waals surface area contributed by atoms with Crippen LogP contribution in [-0.2, 0) is 0 Å². The molecular weight excluding hydrogens is 428 g/mol. The number of carbonyl (C=O) groups is 1. The van der Waals surface area contributed by atoms with Gasteiger partial charge in [0.05, 0.1) is 27.2 Å². The van der Waals surface area contributed by atoms with E-state index in [-0.39, 0.29) is 11.5 Å². The quantitative estimate of drug-likeness (QED) is 0.520. The molecule has 0 saturated carbocycles. The number of nitrogens with zero attached hydrogens (tertiary/aromatic N) is 5. The standard InChI is InChI=1S/C23H21ClN6O2/c24-17-7-3-8-18-20(17)21(31)27-23(26-18)29-12-5-11-28(14-15-29)22(32)16-6-1-2-9-19(16)30-13-4-10-25-30/h1-4,6-10,13H,5,11-12,14-15H2,(H,26,27,31). The molecule has 0 atom stereocenters. The van der Waals surface area contributed by atoms with E-state index in [2.05, 4.69) is 15.1 Å². The maximum atomic E-state index is 13.4. The smallest absolute Gasteiger partial charge is 0.261 e. The van der Waals surface area contributed by atoms with Gasteiger partial charge in [-0.1, -0.05) is 29.8 Å². The highest BCUT2D eigenvalue weighted by Crippen LogP contribution is 2.21. The Morgan fingerprint density at radius 2 is 1.88 bits per heavy atom. The van der Waals surface area contributed by atoms with Crippen LogP contribution in [0.4, 0.5) is 5.95 Å². The molecule has 1 fully saturated rings. The zero-order valence-electron chi connectivity index (χ0n) is 17.2. The average Bonchev–Trinajstić information content (AvgIpc) is 3.23. The largest absolute Gasteiger partial charge is 0.340 e. The topological polar surface area (TPSA) is 87.1 Å². The van der Waals surface area contributed by atoms with Crippen molar-refractivity contribution in [3.8, 4) is 5.69 Å². The van der Waals surface area contributed by atoms with Crippen LogP contribution in [0.3, 0.4) is 0 Å². The van der Waals surface area contributed by atoms with E-state index < -0.39 is 0 Å². The Morgan fingerprint density at radius 1 is 1.00 bits per heavy atom. The highest BCUT2D eigenvalue weighted by Gasteiger charge is 2.24. The van der Waals surface area contributed by atoms with Crippen LogP contribution in [0.1, 0.15) is 16.8 Å². The number of carbonyl (C=O) groups excluding carboxylic acids is 1. The fourth-order valence-corrected chi connectivity index (χ4v) is 4.31. The first-order chi connectivity index (χ1) is 15.6. The number of anilines is 1. The lowest BCUT2D eigenvalue weighted by Gasteiger charge is -2.23. The van der Waals surface area contributed by atoms with Crippen molar-refractivity contribution >= 4 is 34.4 Å². The number of aromatic amines is 1. The molecule has 0 bridgehead atoms. The highest BCUT2D eigenvalue weighted by molar-refractivity contribution is 6.35. The molecule has 0 unspecified atom stereocenters. The van der Waals surface area contributed by atoms with E-state index in [4.69, 9.17) is 11.6 Å². The van der Waals surface area contributed by atoms with Crippen molar-refractivity contribution in [2.24, 2.45) is 0 Å². The summed E-state index contributed by atoms with van der Waals surface area (Å²) in [6.07, 6.45) is 4.27. The number of rotatable bonds is 3. The Labute approximate surface area is 189 Å². The van der Waals surface area contributed by atoms with Crippen LogP contribution >= 0.6 is 11.6 Å². The van der Waals surface area contributed by atoms with Crippen molar-refractivity contribution < 1.29 is 4.79 Å². The van der Waals surface area contributed by atoms with Crippen LogP contribution in [0.25, 0.3) is 16.6 Å². The fourth-order valence-electron chi connectivity index (χ4n) is 4.05. The molecule has 162 valence electrons. The van der Waals surface area contributed by atoms with E-state index in [9.17, 15) is 9.59 Å². The molecule has 9 heteroatoms. The minimum Gasteiger partial charge on any atom is -0.340 e. The highest BCUT2D eigenvalue weighted by atomic mass is 35.5. The summed E-state index contributed by atoms with van der Waals surface area (Å²) >= 11 is 6.16. The van der Waals surface area contributed by atoms with Gasteiger partial charge in [-0.2, -0.15) is 5.10 Å². The van der Waals surface area contributed by atoms with Crippen LogP contribution < -0.4 is 10.5 Å². The van der Waals surface area contributed by atoms with Gasteiger partial charge < -0.3 is 9.80 Å². The predicted octanol–water partition coefficient (Wildman–Crippen LogP) is 3.11. The molecule has 32 heavy (non-hydrogen) atoms. The first kappa shape index (κ1) is 20.3. The van der Waals surface area contributed by atoms with Gasteiger partial charge in [-0.05, 0) is 36.8 Å². The molecule has 0 radical (unpaired) electrons. The van der Waals surface area contributed by atoms with E-state index in [0.717, 1.165) is 12.1 Å². The van der Waals surface area contributed by atoms with Crippen molar-refractivity contribution in [3.05, 3.63) is 81.9 Å². The molecular formula is C23H21ClN6O2. The number of aromatic nitrogens is 4. The molecule has 4 aromatic rings. The second kappa shape index (κ2) is 8.47. The molecule has 1 amide bonds. The Hall–Kier alpha value is -3.65. The van der Waals surface area contributed by atoms with Gasteiger partial charge in [-0.15, -0.1) is 0 Å². The van der Waals surface area contributed by atoms with Gasteiger partial charge in [0.25, 0.3) is 11.5 Å². The number of fused-ring (bicyclic) bond motifs is 1. The van der Waals surface area contributed by atoms with Crippen LogP contribution in [0.15, 0.2) is 65.7 Å². The number of amides is 1. The Morgan fingerprint density at radius 3 is 2.72 bits per heavy atom. The molecule has 2 aromatic heterocycles. The van der Waals surface area contributed by atoms with Crippen molar-refractivity contribution in [1.29, 1.82) is 0 Å². The van der Waals surface area contributed by atoms with Crippen molar-refractivity contribution in [2.45, 2.75) is 6.42 Å². The summed E-state index contributed by atoms with van der Waals surface area (Å²) in [6, 6.07) is 14.5. The lowest BCUT2D eigenvalue weighted by molar-refractivity contribution is 0.0767. The number of benzene rings is 2. The monoisotopic (exact) mass is 448 g/mol. The average molecular weight is 449 g/mol. The summed E-state index contributed by atoms with van der Waals surface area (Å²) < 4.78 is 1.70. The van der Waals surface area contributed by atoms with Crippen molar-refractivity contribution in [2.75, 3.05) is 31.1 Å². The molecule has 1 N–H and O–H groups in total. The normalized spacial score (nSPS) is 14.5. The van der Waals surface area contributed by atoms with E-state index in [1.165, 1.54) is 0 Å². The Balaban J connectivity index is 1.38. The van der Waals surface area contributed by atoms with E-state index in [1.54, 1.807) is 29.1 Å². The van der Waals surface area contributed by atoms with Gasteiger partial charge in [-0.25, -0.2) is 9.67 Å². The lowest BCUT2D eigenvalue weighted by Crippen LogP contribution is -2.36. The van der Waals surface area contributed by atoms with E-state index in [0.29, 0.717) is 53.6 Å². The number of hydrogen-bond donors (Lipinski definition) is 1. The Kier molecular flexibility index (Phi) is 5.36. The fraction of sp³-hybridized carbons (Fsp3) is 0.217. The molecule has 8 nitrogen and oxygen atoms in total. The molecule has 3 heterocycles. The van der Waals surface area contributed by atoms with Crippen LogP contribution in [0.5, 0.6) is 0 Å². The molecule has 0 spiro atoms. The van der Waals surface area contributed by atoms with Crippen LogP contribution in [-0.4, -0.2) is 56.7 Å². The summed E-state index contributed by atoms with van der Waals surface area (Å²) in [4.78, 5) is 37.2. The maximum absolute atomic E-state index is 13.4. The zero-order valence-corrected chi connectivity index (χ0v) is 18.0. The van der Waals surface area contributed by atoms with Crippen LogP contribution in [0, 0.1) is 0 Å². The van der Waals surface area contributed by atoms with Gasteiger partial charge in [-0.3, -0.25) is 14.6 Å². The third-order valence-electron chi connectivity index (χ3n) is 5.64. The lowest BCUT2D eigenvalue weighted by atomic mass is 10.1. The van der Waals surface area contributed by atoms with Crippen LogP contribution in [0.2, 0.25) is 5.02 Å². The minimum atomic E-state index is -0.263. The van der Waals surface area contributed by atoms with E-state index >= 15 is 0 Å². The molecule has 1 aliphatic heterocycles. The molecule has 2 aromatic carbocycles. The number of halogens is 1. The summed E-state index contributed by atoms with van der Waals surface area (Å²) in [6.45, 7) is 2.38. The van der Waals surface area contributed by atoms with Crippen molar-refractivity contribution in [1.82, 2.24) is 24.6 Å². The summed E-state index contributed by atoms with van der Waals surface area (Å²) in [5.74, 6) is 0.459. The molecule has 5 rings (SSSR count). The second-order valence-electron chi connectivity index (χ2n) is 7.62. The van der Waals surface area contributed by atoms with Gasteiger partial charge in [0.2, 0.25) is 5.95 Å². The van der Waals surface area contributed by atoms with Gasteiger partial charge in [0.1, 0.15) is 0 Å². The molecule has 1 saturated heterocycles. The van der Waals surface area contributed by atoms with Gasteiger partial charge in [0, 0.05) is 38.6 Å². The number of H-pyrrole nitrogens is 1. The first-order valence-electron chi connectivity index (χ1n) is 10.4. The number of hydrogen-bond acceptors (Lipinski definition) is 5. The maximum Gasteiger partial charge on any atom is 0.261 e. The zero-order chi connectivity index (χ0) is 22.1. The minimum absolute atomic E-state index is 0.0373. The van der Waals surface area contributed by atoms with Gasteiger partial charge >= 0.3 is 0 Å². The number of nitrogens with one attached hydrogen (secondary N) is 1. The number of para-hydroxylation sites is 1. The predicted molar refractivity (Wildman–Crippen MR) is 124 cm³/mol.